The van der Waals surface area contributed by atoms with Crippen LogP contribution in [0.15, 0.2) is 36.8 Å². The van der Waals surface area contributed by atoms with Crippen LogP contribution in [0.3, 0.4) is 0 Å². The highest BCUT2D eigenvalue weighted by Gasteiger charge is 2.09. The monoisotopic (exact) mass is 288 g/mol. The summed E-state index contributed by atoms with van der Waals surface area (Å²) in [5, 5.41) is 2.79. The Labute approximate surface area is 122 Å². The summed E-state index contributed by atoms with van der Waals surface area (Å²) in [6.45, 7) is 0. The van der Waals surface area contributed by atoms with Gasteiger partial charge in [-0.25, -0.2) is 14.4 Å². The number of amides is 1. The molecule has 21 heavy (non-hydrogen) atoms. The first-order valence-corrected chi connectivity index (χ1v) is 6.58. The van der Waals surface area contributed by atoms with Crippen LogP contribution < -0.4 is 10.2 Å². The highest BCUT2D eigenvalue weighted by atomic mass is 19.1. The van der Waals surface area contributed by atoms with E-state index in [1.807, 2.05) is 14.1 Å². The number of hydrogen-bond donors (Lipinski definition) is 1. The zero-order chi connectivity index (χ0) is 15.2. The summed E-state index contributed by atoms with van der Waals surface area (Å²) in [4.78, 5) is 21.8. The van der Waals surface area contributed by atoms with Gasteiger partial charge < -0.3 is 10.2 Å². The quantitative estimate of drug-likeness (QED) is 0.917. The van der Waals surface area contributed by atoms with Gasteiger partial charge in [-0.05, 0) is 24.1 Å². The molecular weight excluding hydrogens is 271 g/mol. The molecule has 1 amide bonds. The molecule has 1 aromatic carbocycles. The topological polar surface area (TPSA) is 58.1 Å². The SMILES string of the molecule is CN(C)c1ncncc1NC(=O)CCc1ccc(F)cc1. The number of carbonyl (C=O) groups is 1. The van der Waals surface area contributed by atoms with Gasteiger partial charge in [-0.1, -0.05) is 12.1 Å². The van der Waals surface area contributed by atoms with Crippen molar-refractivity contribution in [2.75, 3.05) is 24.3 Å². The zero-order valence-electron chi connectivity index (χ0n) is 12.0. The zero-order valence-corrected chi connectivity index (χ0v) is 12.0. The maximum absolute atomic E-state index is 12.8. The third-order valence-corrected chi connectivity index (χ3v) is 2.94. The van der Waals surface area contributed by atoms with Crippen molar-refractivity contribution in [3.8, 4) is 0 Å². The molecule has 0 aliphatic rings. The van der Waals surface area contributed by atoms with E-state index >= 15 is 0 Å². The summed E-state index contributed by atoms with van der Waals surface area (Å²) in [5.74, 6) is 0.248. The molecule has 1 N–H and O–H groups in total. The van der Waals surface area contributed by atoms with E-state index in [0.717, 1.165) is 5.56 Å². The van der Waals surface area contributed by atoms with Gasteiger partial charge in [0, 0.05) is 20.5 Å². The van der Waals surface area contributed by atoms with Gasteiger partial charge in [-0.15, -0.1) is 0 Å². The smallest absolute Gasteiger partial charge is 0.224 e. The number of nitrogens with zero attached hydrogens (tertiary/aromatic N) is 3. The van der Waals surface area contributed by atoms with E-state index in [2.05, 4.69) is 15.3 Å². The molecule has 0 spiro atoms. The summed E-state index contributed by atoms with van der Waals surface area (Å²) in [6.07, 6.45) is 3.87. The number of halogens is 1. The molecule has 0 radical (unpaired) electrons. The lowest BCUT2D eigenvalue weighted by atomic mass is 10.1. The molecule has 2 aromatic rings. The van der Waals surface area contributed by atoms with Crippen molar-refractivity contribution >= 4 is 17.4 Å². The number of benzene rings is 1. The van der Waals surface area contributed by atoms with E-state index in [-0.39, 0.29) is 11.7 Å². The van der Waals surface area contributed by atoms with Gasteiger partial charge in [-0.3, -0.25) is 4.79 Å². The fourth-order valence-electron chi connectivity index (χ4n) is 1.89. The predicted octanol–water partition coefficient (Wildman–Crippen LogP) is 2.25. The van der Waals surface area contributed by atoms with Gasteiger partial charge in [0.05, 0.1) is 6.20 Å². The van der Waals surface area contributed by atoms with E-state index in [4.69, 9.17) is 0 Å². The number of rotatable bonds is 5. The summed E-state index contributed by atoms with van der Waals surface area (Å²) < 4.78 is 12.8. The largest absolute Gasteiger partial charge is 0.361 e. The molecule has 0 bridgehead atoms. The Morgan fingerprint density at radius 1 is 1.29 bits per heavy atom. The van der Waals surface area contributed by atoms with Crippen molar-refractivity contribution in [1.82, 2.24) is 9.97 Å². The fraction of sp³-hybridized carbons (Fsp3) is 0.267. The van der Waals surface area contributed by atoms with Crippen LogP contribution in [-0.4, -0.2) is 30.0 Å². The maximum Gasteiger partial charge on any atom is 0.224 e. The van der Waals surface area contributed by atoms with Gasteiger partial charge in [0.25, 0.3) is 0 Å². The van der Waals surface area contributed by atoms with Crippen molar-refractivity contribution in [2.24, 2.45) is 0 Å². The Kier molecular flexibility index (Phi) is 4.81. The van der Waals surface area contributed by atoms with Gasteiger partial charge in [0.2, 0.25) is 5.91 Å². The van der Waals surface area contributed by atoms with Gasteiger partial charge in [-0.2, -0.15) is 0 Å². The molecule has 0 unspecified atom stereocenters. The Bertz CT molecular complexity index is 613. The van der Waals surface area contributed by atoms with Crippen molar-refractivity contribution in [1.29, 1.82) is 0 Å². The van der Waals surface area contributed by atoms with Crippen molar-refractivity contribution < 1.29 is 9.18 Å². The Balaban J connectivity index is 1.94. The molecule has 0 aliphatic carbocycles. The number of hydrogen-bond acceptors (Lipinski definition) is 4. The first kappa shape index (κ1) is 14.9. The van der Waals surface area contributed by atoms with Crippen molar-refractivity contribution in [2.45, 2.75) is 12.8 Å². The van der Waals surface area contributed by atoms with Crippen LogP contribution in [0.2, 0.25) is 0 Å². The molecular formula is C15H17FN4O. The summed E-state index contributed by atoms with van der Waals surface area (Å²) in [5.41, 5.74) is 1.50. The predicted molar refractivity (Wildman–Crippen MR) is 79.7 cm³/mol. The summed E-state index contributed by atoms with van der Waals surface area (Å²) >= 11 is 0. The van der Waals surface area contributed by atoms with E-state index in [9.17, 15) is 9.18 Å². The number of aryl methyl sites for hydroxylation is 1. The van der Waals surface area contributed by atoms with Gasteiger partial charge in [0.1, 0.15) is 17.8 Å². The fourth-order valence-corrected chi connectivity index (χ4v) is 1.89. The normalized spacial score (nSPS) is 10.2. The van der Waals surface area contributed by atoms with E-state index in [1.165, 1.54) is 18.5 Å². The number of nitrogens with one attached hydrogen (secondary N) is 1. The maximum atomic E-state index is 12.8. The van der Waals surface area contributed by atoms with E-state index in [1.54, 1.807) is 23.2 Å². The van der Waals surface area contributed by atoms with Crippen LogP contribution in [-0.2, 0) is 11.2 Å². The van der Waals surface area contributed by atoms with E-state index < -0.39 is 0 Å². The lowest BCUT2D eigenvalue weighted by molar-refractivity contribution is -0.116. The molecule has 0 atom stereocenters. The van der Waals surface area contributed by atoms with Crippen LogP contribution in [0.5, 0.6) is 0 Å². The molecule has 0 aliphatic heterocycles. The van der Waals surface area contributed by atoms with Crippen molar-refractivity contribution in [3.05, 3.63) is 48.2 Å². The van der Waals surface area contributed by atoms with Gasteiger partial charge in [0.15, 0.2) is 5.82 Å². The molecule has 2 rings (SSSR count). The van der Waals surface area contributed by atoms with Crippen LogP contribution in [0.25, 0.3) is 0 Å². The third-order valence-electron chi connectivity index (χ3n) is 2.94. The second-order valence-electron chi connectivity index (χ2n) is 4.83. The average Bonchev–Trinajstić information content (AvgIpc) is 2.47. The lowest BCUT2D eigenvalue weighted by Crippen LogP contribution is -2.18. The van der Waals surface area contributed by atoms with Crippen LogP contribution in [0.4, 0.5) is 15.9 Å². The Morgan fingerprint density at radius 2 is 2.00 bits per heavy atom. The minimum Gasteiger partial charge on any atom is -0.361 e. The minimum atomic E-state index is -0.278. The number of aromatic nitrogens is 2. The molecule has 6 heteroatoms. The van der Waals surface area contributed by atoms with Crippen LogP contribution >= 0.6 is 0 Å². The molecule has 1 aromatic heterocycles. The molecule has 0 fully saturated rings. The highest BCUT2D eigenvalue weighted by molar-refractivity contribution is 5.93. The second kappa shape index (κ2) is 6.78. The molecule has 0 saturated carbocycles. The standard InChI is InChI=1S/C15H17FN4O/c1-20(2)15-13(9-17-10-18-15)19-14(21)8-5-11-3-6-12(16)7-4-11/h3-4,6-7,9-10H,5,8H2,1-2H3,(H,19,21). The van der Waals surface area contributed by atoms with Crippen LogP contribution in [0, 0.1) is 5.82 Å². The Hall–Kier alpha value is -2.50. The first-order chi connectivity index (χ1) is 10.1. The van der Waals surface area contributed by atoms with Gasteiger partial charge >= 0.3 is 0 Å². The molecule has 1 heterocycles. The minimum absolute atomic E-state index is 0.128. The lowest BCUT2D eigenvalue weighted by Gasteiger charge is -2.15. The second-order valence-corrected chi connectivity index (χ2v) is 4.83. The summed E-state index contributed by atoms with van der Waals surface area (Å²) in [7, 11) is 3.69. The molecule has 0 saturated heterocycles. The average molecular weight is 288 g/mol. The van der Waals surface area contributed by atoms with E-state index in [0.29, 0.717) is 24.3 Å². The molecule has 5 nitrogen and oxygen atoms in total. The molecule has 110 valence electrons. The Morgan fingerprint density at radius 3 is 2.67 bits per heavy atom. The van der Waals surface area contributed by atoms with Crippen LogP contribution in [0.1, 0.15) is 12.0 Å². The highest BCUT2D eigenvalue weighted by Crippen LogP contribution is 2.19. The van der Waals surface area contributed by atoms with Crippen molar-refractivity contribution in [3.63, 3.8) is 0 Å². The number of anilines is 2. The summed E-state index contributed by atoms with van der Waals surface area (Å²) in [6, 6.07) is 6.14. The first-order valence-electron chi connectivity index (χ1n) is 6.58. The third kappa shape index (κ3) is 4.24. The number of carbonyl (C=O) groups excluding carboxylic acids is 1.